The van der Waals surface area contributed by atoms with Gasteiger partial charge in [0.15, 0.2) is 0 Å². The van der Waals surface area contributed by atoms with Crippen LogP contribution in [-0.2, 0) is 6.54 Å². The largest absolute Gasteiger partial charge is 0.324 e. The van der Waals surface area contributed by atoms with Crippen LogP contribution < -0.4 is 10.2 Å². The zero-order valence-corrected chi connectivity index (χ0v) is 17.0. The third-order valence-electron chi connectivity index (χ3n) is 5.24. The van der Waals surface area contributed by atoms with Crippen LogP contribution >= 0.6 is 0 Å². The minimum Gasteiger partial charge on any atom is -0.322 e. The van der Waals surface area contributed by atoms with E-state index >= 15 is 0 Å². The number of anilines is 2. The second kappa shape index (κ2) is 8.82. The van der Waals surface area contributed by atoms with Crippen molar-refractivity contribution in [1.82, 2.24) is 4.90 Å². The number of amides is 3. The lowest BCUT2D eigenvalue weighted by molar-refractivity contribution is 0.102. The van der Waals surface area contributed by atoms with E-state index in [1.807, 2.05) is 58.3 Å². The van der Waals surface area contributed by atoms with Gasteiger partial charge in [0.1, 0.15) is 0 Å². The highest BCUT2D eigenvalue weighted by Crippen LogP contribution is 2.23. The van der Waals surface area contributed by atoms with Gasteiger partial charge in [0.25, 0.3) is 5.91 Å². The highest BCUT2D eigenvalue weighted by atomic mass is 16.2. The molecule has 0 atom stereocenters. The first-order valence-corrected chi connectivity index (χ1v) is 10.2. The molecule has 3 aromatic rings. The van der Waals surface area contributed by atoms with E-state index in [1.165, 1.54) is 5.56 Å². The van der Waals surface area contributed by atoms with Crippen molar-refractivity contribution in [2.45, 2.75) is 19.9 Å². The Morgan fingerprint density at radius 1 is 0.933 bits per heavy atom. The standard InChI is InChI=1S/C25H25N3O2/c1-19-7-5-8-20(17-19)18-27-15-6-16-28(25(27)30)23-13-11-22(12-14-23)26-24(29)21-9-3-2-4-10-21/h2-5,7-14,17H,6,15-16,18H2,1H3,(H,26,29). The summed E-state index contributed by atoms with van der Waals surface area (Å²) in [4.78, 5) is 29.1. The number of nitrogens with zero attached hydrogens (tertiary/aromatic N) is 2. The van der Waals surface area contributed by atoms with Gasteiger partial charge in [0, 0.05) is 36.6 Å². The molecule has 1 N–H and O–H groups in total. The van der Waals surface area contributed by atoms with E-state index < -0.39 is 0 Å². The van der Waals surface area contributed by atoms with Crippen molar-refractivity contribution in [2.24, 2.45) is 0 Å². The Bertz CT molecular complexity index is 1030. The SMILES string of the molecule is Cc1cccc(CN2CCCN(c3ccc(NC(=O)c4ccccc4)cc3)C2=O)c1. The van der Waals surface area contributed by atoms with Crippen LogP contribution in [0.25, 0.3) is 0 Å². The second-order valence-electron chi connectivity index (χ2n) is 7.57. The summed E-state index contributed by atoms with van der Waals surface area (Å²) in [5.41, 5.74) is 4.49. The molecule has 0 spiro atoms. The number of aryl methyl sites for hydroxylation is 1. The Kier molecular flexibility index (Phi) is 5.80. The summed E-state index contributed by atoms with van der Waals surface area (Å²) in [5.74, 6) is -0.151. The van der Waals surface area contributed by atoms with Crippen LogP contribution in [0.15, 0.2) is 78.9 Å². The number of rotatable bonds is 5. The molecule has 5 heteroatoms. The van der Waals surface area contributed by atoms with Crippen molar-refractivity contribution in [3.63, 3.8) is 0 Å². The Morgan fingerprint density at radius 2 is 1.70 bits per heavy atom. The molecule has 4 rings (SSSR count). The van der Waals surface area contributed by atoms with Crippen LogP contribution in [0.5, 0.6) is 0 Å². The van der Waals surface area contributed by atoms with Gasteiger partial charge in [-0.2, -0.15) is 0 Å². The van der Waals surface area contributed by atoms with Gasteiger partial charge in [-0.15, -0.1) is 0 Å². The zero-order valence-electron chi connectivity index (χ0n) is 17.0. The topological polar surface area (TPSA) is 52.6 Å². The maximum Gasteiger partial charge on any atom is 0.324 e. The smallest absolute Gasteiger partial charge is 0.322 e. The van der Waals surface area contributed by atoms with Crippen LogP contribution in [0.4, 0.5) is 16.2 Å². The van der Waals surface area contributed by atoms with E-state index in [0.717, 1.165) is 24.2 Å². The van der Waals surface area contributed by atoms with Gasteiger partial charge in [-0.3, -0.25) is 9.69 Å². The molecule has 1 aliphatic rings. The first kappa shape index (κ1) is 19.7. The highest BCUT2D eigenvalue weighted by Gasteiger charge is 2.26. The van der Waals surface area contributed by atoms with Crippen LogP contribution in [0.2, 0.25) is 0 Å². The average molecular weight is 399 g/mol. The number of benzene rings is 3. The minimum absolute atomic E-state index is 0.0174. The van der Waals surface area contributed by atoms with E-state index in [2.05, 4.69) is 30.4 Å². The van der Waals surface area contributed by atoms with Crippen molar-refractivity contribution >= 4 is 23.3 Å². The Hall–Kier alpha value is -3.60. The molecule has 0 bridgehead atoms. The molecule has 1 fully saturated rings. The third-order valence-corrected chi connectivity index (χ3v) is 5.24. The van der Waals surface area contributed by atoms with E-state index in [9.17, 15) is 9.59 Å². The van der Waals surface area contributed by atoms with Gasteiger partial charge in [-0.25, -0.2) is 4.79 Å². The lowest BCUT2D eigenvalue weighted by Gasteiger charge is -2.35. The van der Waals surface area contributed by atoms with Crippen LogP contribution in [0, 0.1) is 6.92 Å². The van der Waals surface area contributed by atoms with Crippen molar-refractivity contribution in [3.8, 4) is 0 Å². The van der Waals surface area contributed by atoms with Gasteiger partial charge in [0.05, 0.1) is 0 Å². The molecule has 5 nitrogen and oxygen atoms in total. The van der Waals surface area contributed by atoms with Gasteiger partial charge < -0.3 is 10.2 Å². The molecule has 0 unspecified atom stereocenters. The molecule has 0 saturated carbocycles. The molecule has 30 heavy (non-hydrogen) atoms. The number of nitrogens with one attached hydrogen (secondary N) is 1. The molecular formula is C25H25N3O2. The fourth-order valence-electron chi connectivity index (χ4n) is 3.72. The first-order chi connectivity index (χ1) is 14.6. The summed E-state index contributed by atoms with van der Waals surface area (Å²) in [6.45, 7) is 4.13. The quantitative estimate of drug-likeness (QED) is 0.650. The summed E-state index contributed by atoms with van der Waals surface area (Å²) in [6.07, 6.45) is 0.921. The summed E-state index contributed by atoms with van der Waals surface area (Å²) in [6, 6.07) is 24.8. The van der Waals surface area contributed by atoms with E-state index in [4.69, 9.17) is 0 Å². The maximum atomic E-state index is 13.0. The number of urea groups is 1. The minimum atomic E-state index is -0.151. The third kappa shape index (κ3) is 4.51. The average Bonchev–Trinajstić information content (AvgIpc) is 2.77. The van der Waals surface area contributed by atoms with Crippen LogP contribution in [0.1, 0.15) is 27.9 Å². The fourth-order valence-corrected chi connectivity index (χ4v) is 3.72. The molecule has 1 aliphatic heterocycles. The summed E-state index contributed by atoms with van der Waals surface area (Å²) >= 11 is 0. The van der Waals surface area contributed by atoms with E-state index in [-0.39, 0.29) is 11.9 Å². The lowest BCUT2D eigenvalue weighted by Crippen LogP contribution is -2.49. The number of hydrogen-bond acceptors (Lipinski definition) is 2. The van der Waals surface area contributed by atoms with Crippen LogP contribution in [-0.4, -0.2) is 29.9 Å². The summed E-state index contributed by atoms with van der Waals surface area (Å²) in [7, 11) is 0. The summed E-state index contributed by atoms with van der Waals surface area (Å²) < 4.78 is 0. The van der Waals surface area contributed by atoms with E-state index in [0.29, 0.717) is 24.3 Å². The molecule has 1 saturated heterocycles. The van der Waals surface area contributed by atoms with Gasteiger partial charge in [-0.1, -0.05) is 48.0 Å². The molecule has 0 aliphatic carbocycles. The van der Waals surface area contributed by atoms with Crippen molar-refractivity contribution < 1.29 is 9.59 Å². The van der Waals surface area contributed by atoms with Gasteiger partial charge >= 0.3 is 6.03 Å². The normalized spacial score (nSPS) is 14.0. The molecule has 0 radical (unpaired) electrons. The molecule has 0 aromatic heterocycles. The predicted octanol–water partition coefficient (Wildman–Crippen LogP) is 5.08. The Balaban J connectivity index is 1.43. The first-order valence-electron chi connectivity index (χ1n) is 10.2. The number of hydrogen-bond donors (Lipinski definition) is 1. The van der Waals surface area contributed by atoms with Crippen molar-refractivity contribution in [1.29, 1.82) is 0 Å². The number of carbonyl (C=O) groups is 2. The number of carbonyl (C=O) groups excluding carboxylic acids is 2. The van der Waals surface area contributed by atoms with Crippen molar-refractivity contribution in [3.05, 3.63) is 95.6 Å². The predicted molar refractivity (Wildman–Crippen MR) is 120 cm³/mol. The Morgan fingerprint density at radius 3 is 2.43 bits per heavy atom. The Labute approximate surface area is 176 Å². The van der Waals surface area contributed by atoms with Crippen LogP contribution in [0.3, 0.4) is 0 Å². The molecular weight excluding hydrogens is 374 g/mol. The second-order valence-corrected chi connectivity index (χ2v) is 7.57. The summed E-state index contributed by atoms with van der Waals surface area (Å²) in [5, 5.41) is 2.89. The molecule has 1 heterocycles. The fraction of sp³-hybridized carbons (Fsp3) is 0.200. The van der Waals surface area contributed by atoms with Gasteiger partial charge in [0.2, 0.25) is 0 Å². The highest BCUT2D eigenvalue weighted by molar-refractivity contribution is 6.04. The van der Waals surface area contributed by atoms with E-state index in [1.54, 1.807) is 12.1 Å². The maximum absolute atomic E-state index is 13.0. The zero-order chi connectivity index (χ0) is 20.9. The lowest BCUT2D eigenvalue weighted by atomic mass is 10.1. The van der Waals surface area contributed by atoms with Crippen molar-refractivity contribution in [2.75, 3.05) is 23.3 Å². The molecule has 3 amide bonds. The monoisotopic (exact) mass is 399 g/mol. The molecule has 152 valence electrons. The molecule has 3 aromatic carbocycles. The van der Waals surface area contributed by atoms with Gasteiger partial charge in [-0.05, 0) is 55.3 Å².